The van der Waals surface area contributed by atoms with Crippen LogP contribution in [-0.4, -0.2) is 88.5 Å². The third-order valence-corrected chi connectivity index (χ3v) is 16.6. The van der Waals surface area contributed by atoms with Gasteiger partial charge in [-0.1, -0.05) is 55.4 Å². The maximum atomic E-state index is 14.9. The van der Waals surface area contributed by atoms with E-state index in [0.29, 0.717) is 25.7 Å². The number of rotatable bonds is 20. The normalized spacial score (nSPS) is 15.6. The molecule has 4 N–H and O–H groups in total. The molecule has 0 aromatic heterocycles. The predicted molar refractivity (Wildman–Crippen MR) is 275 cm³/mol. The molecule has 0 saturated carbocycles. The molecule has 0 spiro atoms. The van der Waals surface area contributed by atoms with Gasteiger partial charge in [-0.05, 0) is 73.6 Å². The van der Waals surface area contributed by atoms with E-state index in [1.165, 1.54) is 52.7 Å². The van der Waals surface area contributed by atoms with E-state index in [-0.39, 0.29) is 119 Å². The molecule has 0 atom stereocenters. The van der Waals surface area contributed by atoms with Crippen LogP contribution in [0.5, 0.6) is 46.0 Å². The summed E-state index contributed by atoms with van der Waals surface area (Å²) in [6.07, 6.45) is 1.93. The van der Waals surface area contributed by atoms with Gasteiger partial charge in [0, 0.05) is 24.3 Å². The SMILES string of the molecule is COc1cc(OC)c2cc1NS(=O)(=O)c1cc(c(OCCC(C)C)cc1OCCC(C)C)S(=O)(=O)Nc1cc(c(OC)cc1OC)NS(=O)(=O)c1cc(c(OCCC(C)C)cc1OCCC(C)C)S(=O)(=O)N2. The van der Waals surface area contributed by atoms with Gasteiger partial charge in [-0.3, -0.25) is 18.9 Å². The number of fused-ring (bicyclic) bond motifs is 8. The predicted octanol–water partition coefficient (Wildman–Crippen LogP) is 8.94. The van der Waals surface area contributed by atoms with Crippen LogP contribution >= 0.6 is 0 Å². The highest BCUT2D eigenvalue weighted by atomic mass is 32.2. The standard InChI is InChI=1S/C48H68N4O16S4/c1-29(2)13-17-65-41-25-42(66-18-14-30(3)4)46-27-45(41)69(53,54)49-33-21-34(38(62-10)23-37(33)61-9)51-71(57,58)47-28-48(44(68-20-16-32(7)8)26-43(47)67-19-15-31(5)6)72(59,60)52-36-22-35(50-70(46,55)56)39(63-11)24-40(36)64-12/h21-32,49-52H,13-20H2,1-12H3. The van der Waals surface area contributed by atoms with Crippen LogP contribution in [0, 0.1) is 23.7 Å². The van der Waals surface area contributed by atoms with Crippen LogP contribution in [-0.2, 0) is 40.1 Å². The fraction of sp³-hybridized carbons (Fsp3) is 0.500. The maximum Gasteiger partial charge on any atom is 0.265 e. The molecule has 20 nitrogen and oxygen atoms in total. The van der Waals surface area contributed by atoms with Crippen LogP contribution in [0.25, 0.3) is 0 Å². The Bertz CT molecular complexity index is 2630. The summed E-state index contributed by atoms with van der Waals surface area (Å²) >= 11 is 0. The van der Waals surface area contributed by atoms with Crippen LogP contribution in [0.15, 0.2) is 68.1 Å². The summed E-state index contributed by atoms with van der Waals surface area (Å²) in [5.74, 6) is -1.15. The Morgan fingerprint density at radius 3 is 0.694 bits per heavy atom. The fourth-order valence-electron chi connectivity index (χ4n) is 6.87. The molecular formula is C48H68N4O16S4. The van der Waals surface area contributed by atoms with Crippen molar-refractivity contribution in [3.8, 4) is 46.0 Å². The lowest BCUT2D eigenvalue weighted by Crippen LogP contribution is -2.21. The first kappa shape index (κ1) is 57.2. The molecule has 0 amide bonds. The third-order valence-electron chi connectivity index (χ3n) is 11.0. The van der Waals surface area contributed by atoms with Crippen molar-refractivity contribution < 1.29 is 71.6 Å². The molecule has 0 aliphatic carbocycles. The number of hydrogen-bond donors (Lipinski definition) is 4. The molecule has 0 radical (unpaired) electrons. The smallest absolute Gasteiger partial charge is 0.265 e. The quantitative estimate of drug-likeness (QED) is 0.0644. The number of sulfonamides is 4. The van der Waals surface area contributed by atoms with Crippen molar-refractivity contribution in [1.82, 2.24) is 0 Å². The van der Waals surface area contributed by atoms with Gasteiger partial charge in [-0.15, -0.1) is 0 Å². The first-order valence-corrected chi connectivity index (χ1v) is 29.2. The van der Waals surface area contributed by atoms with Gasteiger partial charge in [-0.2, -0.15) is 0 Å². The van der Waals surface area contributed by atoms with Crippen molar-refractivity contribution in [3.63, 3.8) is 0 Å². The van der Waals surface area contributed by atoms with Crippen molar-refractivity contribution in [2.75, 3.05) is 73.8 Å². The van der Waals surface area contributed by atoms with E-state index in [2.05, 4.69) is 18.9 Å². The van der Waals surface area contributed by atoms with Crippen molar-refractivity contribution in [1.29, 1.82) is 0 Å². The molecule has 0 unspecified atom stereocenters. The van der Waals surface area contributed by atoms with Crippen LogP contribution in [0.3, 0.4) is 0 Å². The molecule has 0 saturated heterocycles. The van der Waals surface area contributed by atoms with E-state index in [1.54, 1.807) is 0 Å². The second-order valence-electron chi connectivity index (χ2n) is 18.5. The summed E-state index contributed by atoms with van der Waals surface area (Å²) < 4.78 is 175. The Labute approximate surface area is 425 Å². The topological polar surface area (TPSA) is 259 Å². The van der Waals surface area contributed by atoms with Gasteiger partial charge in [0.15, 0.2) is 0 Å². The second-order valence-corrected chi connectivity index (χ2v) is 25.1. The maximum absolute atomic E-state index is 14.9. The van der Waals surface area contributed by atoms with Gasteiger partial charge >= 0.3 is 0 Å². The van der Waals surface area contributed by atoms with E-state index in [9.17, 15) is 33.7 Å². The molecule has 400 valence electrons. The van der Waals surface area contributed by atoms with Gasteiger partial charge in [0.25, 0.3) is 40.1 Å². The largest absolute Gasteiger partial charge is 0.494 e. The highest BCUT2D eigenvalue weighted by molar-refractivity contribution is 7.94. The summed E-state index contributed by atoms with van der Waals surface area (Å²) in [5, 5.41) is 0. The van der Waals surface area contributed by atoms with E-state index in [1.807, 2.05) is 55.4 Å². The number of ether oxygens (including phenoxy) is 8. The monoisotopic (exact) mass is 1080 g/mol. The average molecular weight is 1090 g/mol. The van der Waals surface area contributed by atoms with E-state index < -0.39 is 59.7 Å². The third kappa shape index (κ3) is 14.3. The van der Waals surface area contributed by atoms with Gasteiger partial charge in [0.2, 0.25) is 0 Å². The first-order chi connectivity index (χ1) is 33.7. The zero-order valence-electron chi connectivity index (χ0n) is 42.8. The van der Waals surface area contributed by atoms with Crippen LogP contribution in [0.1, 0.15) is 81.1 Å². The Hall–Kier alpha value is -5.72. The molecule has 0 fully saturated rings. The Kier molecular flexibility index (Phi) is 19.0. The van der Waals surface area contributed by atoms with Crippen molar-refractivity contribution in [2.24, 2.45) is 23.7 Å². The fourth-order valence-corrected chi connectivity index (χ4v) is 11.9. The lowest BCUT2D eigenvalue weighted by Gasteiger charge is -2.22. The van der Waals surface area contributed by atoms with Gasteiger partial charge < -0.3 is 37.9 Å². The average Bonchev–Trinajstić information content (AvgIpc) is 3.27. The van der Waals surface area contributed by atoms with E-state index >= 15 is 0 Å². The summed E-state index contributed by atoms with van der Waals surface area (Å²) in [4.78, 5) is -2.62. The number of hydrogen-bond acceptors (Lipinski definition) is 16. The molecule has 24 heteroatoms. The molecule has 72 heavy (non-hydrogen) atoms. The Morgan fingerprint density at radius 2 is 0.514 bits per heavy atom. The summed E-state index contributed by atoms with van der Waals surface area (Å²) in [7, 11) is -14.7. The highest BCUT2D eigenvalue weighted by Crippen LogP contribution is 2.45. The van der Waals surface area contributed by atoms with Crippen molar-refractivity contribution in [2.45, 2.75) is 101 Å². The first-order valence-electron chi connectivity index (χ1n) is 23.3. The number of benzene rings is 4. The van der Waals surface area contributed by atoms with E-state index in [0.717, 1.165) is 24.3 Å². The van der Waals surface area contributed by atoms with Gasteiger partial charge in [0.1, 0.15) is 65.6 Å². The Morgan fingerprint density at radius 1 is 0.319 bits per heavy atom. The minimum atomic E-state index is -4.92. The number of nitrogens with one attached hydrogen (secondary N) is 4. The summed E-state index contributed by atoms with van der Waals surface area (Å²) in [5.41, 5.74) is -1.32. The van der Waals surface area contributed by atoms with Gasteiger partial charge in [0.05, 0.1) is 77.6 Å². The lowest BCUT2D eigenvalue weighted by atomic mass is 10.1. The summed E-state index contributed by atoms with van der Waals surface area (Å²) in [6.45, 7) is 15.6. The molecule has 1 aliphatic heterocycles. The lowest BCUT2D eigenvalue weighted by molar-refractivity contribution is 0.266. The molecule has 8 bridgehead atoms. The zero-order chi connectivity index (χ0) is 53.3. The minimum Gasteiger partial charge on any atom is -0.494 e. The van der Waals surface area contributed by atoms with E-state index in [4.69, 9.17) is 37.9 Å². The second kappa shape index (κ2) is 23.9. The molecular weight excluding hydrogens is 1020 g/mol. The minimum absolute atomic E-state index is 0.0193. The molecule has 4 aromatic carbocycles. The zero-order valence-corrected chi connectivity index (χ0v) is 46.0. The van der Waals surface area contributed by atoms with Crippen molar-refractivity contribution in [3.05, 3.63) is 48.5 Å². The number of methoxy groups -OCH3 is 4. The highest BCUT2D eigenvalue weighted by Gasteiger charge is 2.34. The molecule has 4 aromatic rings. The van der Waals surface area contributed by atoms with Crippen LogP contribution < -0.4 is 56.8 Å². The van der Waals surface area contributed by atoms with Crippen LogP contribution in [0.2, 0.25) is 0 Å². The Balaban J connectivity index is 1.91. The van der Waals surface area contributed by atoms with Crippen molar-refractivity contribution >= 4 is 62.8 Å². The summed E-state index contributed by atoms with van der Waals surface area (Å²) in [6, 6.07) is 8.67. The molecule has 5 rings (SSSR count). The van der Waals surface area contributed by atoms with Crippen LogP contribution in [0.4, 0.5) is 22.7 Å². The molecule has 1 aliphatic rings. The van der Waals surface area contributed by atoms with Gasteiger partial charge in [-0.25, -0.2) is 33.7 Å². The number of anilines is 4. The molecule has 1 heterocycles.